The molecule has 2 fully saturated rings. The van der Waals surface area contributed by atoms with Gasteiger partial charge in [0, 0.05) is 18.1 Å². The smallest absolute Gasteiger partial charge is 0.148 e. The normalized spacial score (nSPS) is 26.5. The van der Waals surface area contributed by atoms with Crippen molar-refractivity contribution >= 4 is 11.6 Å². The maximum atomic E-state index is 5.58. The average Bonchev–Trinajstić information content (AvgIpc) is 3.17. The summed E-state index contributed by atoms with van der Waals surface area (Å²) in [5, 5.41) is 3.48. The highest BCUT2D eigenvalue weighted by Crippen LogP contribution is 2.39. The summed E-state index contributed by atoms with van der Waals surface area (Å²) >= 11 is 0. The molecule has 6 nitrogen and oxygen atoms in total. The minimum absolute atomic E-state index is 0.216. The third kappa shape index (κ3) is 2.50. The average molecular weight is 263 g/mol. The number of hydrogen-bond donors (Lipinski definition) is 3. The Morgan fingerprint density at radius 2 is 1.95 bits per heavy atom. The fourth-order valence-corrected chi connectivity index (χ4v) is 2.44. The first-order valence-corrected chi connectivity index (χ1v) is 6.92. The molecule has 2 atom stereocenters. The molecule has 1 saturated heterocycles. The van der Waals surface area contributed by atoms with Gasteiger partial charge >= 0.3 is 0 Å². The molecule has 19 heavy (non-hydrogen) atoms. The van der Waals surface area contributed by atoms with E-state index in [4.69, 9.17) is 10.6 Å². The molecule has 0 amide bonds. The number of aromatic nitrogens is 2. The molecule has 1 saturated carbocycles. The lowest BCUT2D eigenvalue weighted by atomic mass is 10.1. The summed E-state index contributed by atoms with van der Waals surface area (Å²) < 4.78 is 5.58. The van der Waals surface area contributed by atoms with Crippen LogP contribution in [0.15, 0.2) is 0 Å². The molecular weight excluding hydrogens is 242 g/mol. The van der Waals surface area contributed by atoms with Crippen LogP contribution in [0.5, 0.6) is 0 Å². The summed E-state index contributed by atoms with van der Waals surface area (Å²) in [6, 6.07) is 0.311. The number of ether oxygens (including phenoxy) is 1. The summed E-state index contributed by atoms with van der Waals surface area (Å²) in [5.74, 6) is 8.55. The van der Waals surface area contributed by atoms with E-state index in [1.807, 2.05) is 6.92 Å². The van der Waals surface area contributed by atoms with Gasteiger partial charge in [-0.05, 0) is 33.1 Å². The summed E-state index contributed by atoms with van der Waals surface area (Å²) in [5.41, 5.74) is 3.64. The van der Waals surface area contributed by atoms with E-state index >= 15 is 0 Å². The summed E-state index contributed by atoms with van der Waals surface area (Å²) in [4.78, 5) is 9.16. The van der Waals surface area contributed by atoms with E-state index in [1.54, 1.807) is 0 Å². The van der Waals surface area contributed by atoms with Gasteiger partial charge in [0.25, 0.3) is 0 Å². The Morgan fingerprint density at radius 1 is 1.21 bits per heavy atom. The zero-order valence-electron chi connectivity index (χ0n) is 11.4. The van der Waals surface area contributed by atoms with E-state index < -0.39 is 0 Å². The van der Waals surface area contributed by atoms with Gasteiger partial charge in [0.05, 0.1) is 12.1 Å². The highest BCUT2D eigenvalue weighted by molar-refractivity contribution is 5.57. The van der Waals surface area contributed by atoms with Crippen LogP contribution in [0.1, 0.15) is 43.5 Å². The predicted octanol–water partition coefficient (Wildman–Crippen LogP) is 1.54. The van der Waals surface area contributed by atoms with Gasteiger partial charge < -0.3 is 15.5 Å². The minimum atomic E-state index is 0.216. The van der Waals surface area contributed by atoms with Crippen LogP contribution >= 0.6 is 0 Å². The first-order chi connectivity index (χ1) is 9.19. The largest absolute Gasteiger partial charge is 0.376 e. The van der Waals surface area contributed by atoms with Gasteiger partial charge in [0.1, 0.15) is 17.5 Å². The van der Waals surface area contributed by atoms with Crippen molar-refractivity contribution in [2.75, 3.05) is 17.3 Å². The molecule has 1 aromatic rings. The van der Waals surface area contributed by atoms with Crippen LogP contribution in [-0.2, 0) is 4.74 Å². The van der Waals surface area contributed by atoms with Crippen molar-refractivity contribution in [3.8, 4) is 0 Å². The van der Waals surface area contributed by atoms with Crippen LogP contribution in [-0.4, -0.2) is 28.7 Å². The molecule has 104 valence electrons. The molecular formula is C13H21N5O. The fourth-order valence-electron chi connectivity index (χ4n) is 2.44. The van der Waals surface area contributed by atoms with Gasteiger partial charge in [-0.25, -0.2) is 15.8 Å². The monoisotopic (exact) mass is 263 g/mol. The molecule has 2 aliphatic rings. The Balaban J connectivity index is 1.87. The highest BCUT2D eigenvalue weighted by atomic mass is 16.5. The van der Waals surface area contributed by atoms with Crippen LogP contribution in [0.25, 0.3) is 0 Å². The van der Waals surface area contributed by atoms with Crippen molar-refractivity contribution in [2.24, 2.45) is 5.84 Å². The Hall–Kier alpha value is -1.40. The Labute approximate surface area is 113 Å². The SMILES string of the molecule is Cc1c(NN)nc(C2CC2)nc1NC1CCOC1C. The van der Waals surface area contributed by atoms with Crippen molar-refractivity contribution in [3.05, 3.63) is 11.4 Å². The Bertz CT molecular complexity index is 474. The third-order valence-electron chi connectivity index (χ3n) is 3.94. The number of nitrogens with one attached hydrogen (secondary N) is 2. The number of anilines is 2. The molecule has 6 heteroatoms. The zero-order chi connectivity index (χ0) is 13.4. The van der Waals surface area contributed by atoms with E-state index in [9.17, 15) is 0 Å². The Kier molecular flexibility index (Phi) is 3.28. The third-order valence-corrected chi connectivity index (χ3v) is 3.94. The second-order valence-electron chi connectivity index (χ2n) is 5.44. The van der Waals surface area contributed by atoms with E-state index in [1.165, 1.54) is 12.8 Å². The lowest BCUT2D eigenvalue weighted by Gasteiger charge is -2.19. The number of nitrogens with zero attached hydrogens (tertiary/aromatic N) is 2. The topological polar surface area (TPSA) is 85.1 Å². The first kappa shape index (κ1) is 12.6. The van der Waals surface area contributed by atoms with Crippen LogP contribution in [0.4, 0.5) is 11.6 Å². The number of hydrazine groups is 1. The van der Waals surface area contributed by atoms with E-state index in [0.29, 0.717) is 17.8 Å². The molecule has 1 aromatic heterocycles. The number of nitrogens with two attached hydrogens (primary N) is 1. The molecule has 0 spiro atoms. The lowest BCUT2D eigenvalue weighted by Crippen LogP contribution is -2.28. The standard InChI is InChI=1S/C13H21N5O/c1-7-11(15-10-5-6-19-8(10)2)16-13(9-3-4-9)17-12(7)18-14/h8-10H,3-6,14H2,1-2H3,(H2,15,16,17,18). The molecule has 2 unspecified atom stereocenters. The summed E-state index contributed by atoms with van der Waals surface area (Å²) in [6.45, 7) is 4.88. The van der Waals surface area contributed by atoms with Gasteiger partial charge in [-0.15, -0.1) is 0 Å². The number of rotatable bonds is 4. The molecule has 4 N–H and O–H groups in total. The molecule has 0 aromatic carbocycles. The van der Waals surface area contributed by atoms with Gasteiger partial charge in [-0.3, -0.25) is 0 Å². The van der Waals surface area contributed by atoms with Crippen LogP contribution in [0.2, 0.25) is 0 Å². The van der Waals surface area contributed by atoms with E-state index in [0.717, 1.165) is 30.2 Å². The fraction of sp³-hybridized carbons (Fsp3) is 0.692. The number of nitrogen functional groups attached to an aromatic ring is 1. The van der Waals surface area contributed by atoms with Crippen LogP contribution in [0.3, 0.4) is 0 Å². The summed E-state index contributed by atoms with van der Waals surface area (Å²) in [7, 11) is 0. The molecule has 1 aliphatic carbocycles. The van der Waals surface area contributed by atoms with E-state index in [2.05, 4.69) is 27.6 Å². The minimum Gasteiger partial charge on any atom is -0.376 e. The first-order valence-electron chi connectivity index (χ1n) is 6.92. The van der Waals surface area contributed by atoms with Crippen molar-refractivity contribution in [2.45, 2.75) is 51.2 Å². The van der Waals surface area contributed by atoms with Gasteiger partial charge in [0.15, 0.2) is 0 Å². The number of hydrogen-bond acceptors (Lipinski definition) is 6. The van der Waals surface area contributed by atoms with Crippen LogP contribution < -0.4 is 16.6 Å². The van der Waals surface area contributed by atoms with Gasteiger partial charge in [-0.2, -0.15) is 0 Å². The second-order valence-corrected chi connectivity index (χ2v) is 5.44. The van der Waals surface area contributed by atoms with Crippen molar-refractivity contribution < 1.29 is 4.74 Å². The molecule has 2 heterocycles. The summed E-state index contributed by atoms with van der Waals surface area (Å²) in [6.07, 6.45) is 3.58. The molecule has 0 radical (unpaired) electrons. The van der Waals surface area contributed by atoms with Crippen molar-refractivity contribution in [1.29, 1.82) is 0 Å². The second kappa shape index (κ2) is 4.94. The molecule has 0 bridgehead atoms. The quantitative estimate of drug-likeness (QED) is 0.564. The van der Waals surface area contributed by atoms with Crippen LogP contribution in [0, 0.1) is 6.92 Å². The molecule has 3 rings (SSSR count). The highest BCUT2D eigenvalue weighted by Gasteiger charge is 2.30. The zero-order valence-corrected chi connectivity index (χ0v) is 11.4. The maximum absolute atomic E-state index is 5.58. The predicted molar refractivity (Wildman–Crippen MR) is 74.0 cm³/mol. The van der Waals surface area contributed by atoms with E-state index in [-0.39, 0.29) is 6.10 Å². The maximum Gasteiger partial charge on any atom is 0.148 e. The van der Waals surface area contributed by atoms with Crippen molar-refractivity contribution in [3.63, 3.8) is 0 Å². The van der Waals surface area contributed by atoms with Gasteiger partial charge in [0.2, 0.25) is 0 Å². The Morgan fingerprint density at radius 3 is 2.53 bits per heavy atom. The lowest BCUT2D eigenvalue weighted by molar-refractivity contribution is 0.121. The van der Waals surface area contributed by atoms with Crippen molar-refractivity contribution in [1.82, 2.24) is 9.97 Å². The van der Waals surface area contributed by atoms with Gasteiger partial charge in [-0.1, -0.05) is 0 Å². The molecule has 1 aliphatic heterocycles.